The summed E-state index contributed by atoms with van der Waals surface area (Å²) in [5.74, 6) is 2.05. The molecule has 0 saturated heterocycles. The summed E-state index contributed by atoms with van der Waals surface area (Å²) < 4.78 is -0.368. The van der Waals surface area contributed by atoms with Gasteiger partial charge in [-0.3, -0.25) is 9.69 Å². The molecule has 0 heterocycles. The largest absolute Gasteiger partial charge is 0.508 e. The van der Waals surface area contributed by atoms with Crippen molar-refractivity contribution in [3.63, 3.8) is 0 Å². The molecule has 0 bridgehead atoms. The van der Waals surface area contributed by atoms with Crippen molar-refractivity contribution in [3.8, 4) is 5.75 Å². The maximum absolute atomic E-state index is 12.9. The Balaban J connectivity index is 1.19. The van der Waals surface area contributed by atoms with Gasteiger partial charge in [-0.15, -0.1) is 11.8 Å². The Labute approximate surface area is 316 Å². The number of amides is 1. The first-order valence-corrected chi connectivity index (χ1v) is 20.6. The Bertz CT molecular complexity index is 1490. The van der Waals surface area contributed by atoms with Crippen LogP contribution in [-0.4, -0.2) is 77.6 Å². The van der Waals surface area contributed by atoms with Crippen molar-refractivity contribution in [2.45, 2.75) is 69.1 Å². The Morgan fingerprint density at radius 2 is 1.41 bits per heavy atom. The second kappa shape index (κ2) is 20.7. The van der Waals surface area contributed by atoms with E-state index < -0.39 is 0 Å². The highest BCUT2D eigenvalue weighted by molar-refractivity contribution is 8.00. The van der Waals surface area contributed by atoms with Crippen molar-refractivity contribution in [2.24, 2.45) is 0 Å². The molecule has 5 nitrogen and oxygen atoms in total. The number of carbonyl (C=O) groups excluding carboxylic acids is 1. The molecule has 272 valence electrons. The third-order valence-corrected chi connectivity index (χ3v) is 12.0. The molecule has 5 rings (SSSR count). The summed E-state index contributed by atoms with van der Waals surface area (Å²) in [6.45, 7) is 7.21. The number of aromatic hydroxyl groups is 1. The zero-order valence-electron chi connectivity index (χ0n) is 30.4. The number of unbranched alkanes of at least 4 members (excludes halogenated alkanes) is 3. The van der Waals surface area contributed by atoms with E-state index in [-0.39, 0.29) is 10.7 Å². The first-order chi connectivity index (χ1) is 25.0. The molecule has 1 aliphatic carbocycles. The molecule has 51 heavy (non-hydrogen) atoms. The van der Waals surface area contributed by atoms with Gasteiger partial charge in [0.15, 0.2) is 0 Å². The number of thioether (sulfide) groups is 1. The molecule has 0 aromatic heterocycles. The first kappa shape index (κ1) is 39.0. The van der Waals surface area contributed by atoms with E-state index in [2.05, 4.69) is 132 Å². The van der Waals surface area contributed by atoms with E-state index in [0.29, 0.717) is 30.6 Å². The topological polar surface area (TPSA) is 55.8 Å². The summed E-state index contributed by atoms with van der Waals surface area (Å²) in [5, 5.41) is 13.5. The van der Waals surface area contributed by atoms with Gasteiger partial charge >= 0.3 is 0 Å². The van der Waals surface area contributed by atoms with E-state index >= 15 is 0 Å². The molecule has 1 amide bonds. The summed E-state index contributed by atoms with van der Waals surface area (Å²) in [6, 6.07) is 39.0. The molecule has 1 unspecified atom stereocenters. The van der Waals surface area contributed by atoms with Crippen molar-refractivity contribution in [1.82, 2.24) is 15.1 Å². The number of carbonyl (C=O) groups is 1. The molecule has 0 saturated carbocycles. The molecule has 1 aliphatic rings. The normalized spacial score (nSPS) is 14.5. The van der Waals surface area contributed by atoms with Crippen LogP contribution in [0.4, 0.5) is 0 Å². The van der Waals surface area contributed by atoms with Gasteiger partial charge in [-0.2, -0.15) is 12.6 Å². The standard InChI is InChI=1S/C44H57N3O2S2/c1-2-28-47(40-26-25-36-17-16-24-42(48)41(36)34-40)30-15-4-3-14-29-46(35-43(49)45-27-32-50)31-33-51-44(37-18-8-5-9-19-37,38-20-10-6-11-21-38)39-22-12-7-13-23-39/h5-13,16-24,40,48,50H,2-4,14-15,25-35H2,1H3,(H,45,49). The molecular formula is C44H57N3O2S2. The highest BCUT2D eigenvalue weighted by Gasteiger charge is 2.37. The van der Waals surface area contributed by atoms with Gasteiger partial charge in [-0.25, -0.2) is 0 Å². The average Bonchev–Trinajstić information content (AvgIpc) is 3.17. The number of hydrogen-bond acceptors (Lipinski definition) is 6. The van der Waals surface area contributed by atoms with Gasteiger partial charge in [0.05, 0.1) is 11.3 Å². The number of nitrogens with zero attached hydrogens (tertiary/aromatic N) is 2. The number of benzene rings is 4. The molecule has 7 heteroatoms. The molecule has 2 N–H and O–H groups in total. The van der Waals surface area contributed by atoms with Gasteiger partial charge in [0.1, 0.15) is 5.75 Å². The summed E-state index contributed by atoms with van der Waals surface area (Å²) in [7, 11) is 0. The number of fused-ring (bicyclic) bond motifs is 1. The van der Waals surface area contributed by atoms with Gasteiger partial charge in [0.2, 0.25) is 5.91 Å². The Morgan fingerprint density at radius 1 is 0.804 bits per heavy atom. The molecule has 0 fully saturated rings. The molecule has 4 aromatic carbocycles. The lowest BCUT2D eigenvalue weighted by molar-refractivity contribution is -0.122. The minimum atomic E-state index is -0.368. The van der Waals surface area contributed by atoms with Crippen LogP contribution in [0.1, 0.15) is 73.3 Å². The van der Waals surface area contributed by atoms with Crippen LogP contribution in [0.5, 0.6) is 5.75 Å². The smallest absolute Gasteiger partial charge is 0.234 e. The third-order valence-electron chi connectivity index (χ3n) is 10.2. The van der Waals surface area contributed by atoms with Crippen molar-refractivity contribution in [2.75, 3.05) is 50.8 Å². The molecule has 0 aliphatic heterocycles. The molecular weight excluding hydrogens is 667 g/mol. The summed E-state index contributed by atoms with van der Waals surface area (Å²) in [4.78, 5) is 18.0. The van der Waals surface area contributed by atoms with E-state index in [0.717, 1.165) is 69.6 Å². The Kier molecular flexibility index (Phi) is 15.8. The van der Waals surface area contributed by atoms with Crippen LogP contribution in [0, 0.1) is 0 Å². The summed E-state index contributed by atoms with van der Waals surface area (Å²) in [5.41, 5.74) is 6.25. The number of phenols is 1. The fourth-order valence-electron chi connectivity index (χ4n) is 7.65. The highest BCUT2D eigenvalue weighted by atomic mass is 32.2. The van der Waals surface area contributed by atoms with Crippen LogP contribution in [-0.2, 0) is 22.4 Å². The lowest BCUT2D eigenvalue weighted by Gasteiger charge is -2.36. The van der Waals surface area contributed by atoms with Crippen LogP contribution < -0.4 is 5.32 Å². The van der Waals surface area contributed by atoms with Gasteiger partial charge < -0.3 is 15.3 Å². The van der Waals surface area contributed by atoms with Crippen LogP contribution in [0.15, 0.2) is 109 Å². The second-order valence-corrected chi connectivity index (χ2v) is 15.5. The second-order valence-electron chi connectivity index (χ2n) is 13.7. The quantitative estimate of drug-likeness (QED) is 0.0457. The monoisotopic (exact) mass is 723 g/mol. The molecule has 0 radical (unpaired) electrons. The molecule has 4 aromatic rings. The number of thiol groups is 1. The van der Waals surface area contributed by atoms with Crippen molar-refractivity contribution < 1.29 is 9.90 Å². The number of rotatable bonds is 21. The van der Waals surface area contributed by atoms with Crippen LogP contribution >= 0.6 is 24.4 Å². The van der Waals surface area contributed by atoms with Crippen molar-refractivity contribution in [1.29, 1.82) is 0 Å². The highest BCUT2D eigenvalue weighted by Crippen LogP contribution is 2.48. The molecule has 0 spiro atoms. The fourth-order valence-corrected chi connectivity index (χ4v) is 9.33. The Morgan fingerprint density at radius 3 is 2.00 bits per heavy atom. The predicted molar refractivity (Wildman–Crippen MR) is 219 cm³/mol. The van der Waals surface area contributed by atoms with Gasteiger partial charge in [-0.05, 0) is 92.0 Å². The summed E-state index contributed by atoms with van der Waals surface area (Å²) >= 11 is 6.26. The van der Waals surface area contributed by atoms with E-state index in [1.807, 2.05) is 23.9 Å². The van der Waals surface area contributed by atoms with Gasteiger partial charge in [0.25, 0.3) is 0 Å². The van der Waals surface area contributed by atoms with Crippen LogP contribution in [0.3, 0.4) is 0 Å². The van der Waals surface area contributed by atoms with E-state index in [1.165, 1.54) is 41.5 Å². The fraction of sp³-hybridized carbons (Fsp3) is 0.432. The maximum atomic E-state index is 12.9. The van der Waals surface area contributed by atoms with Crippen LogP contribution in [0.2, 0.25) is 0 Å². The number of phenolic OH excluding ortho intramolecular Hbond substituents is 1. The first-order valence-electron chi connectivity index (χ1n) is 19.0. The number of hydrogen-bond donors (Lipinski definition) is 3. The summed E-state index contributed by atoms with van der Waals surface area (Å²) in [6.07, 6.45) is 8.89. The minimum Gasteiger partial charge on any atom is -0.508 e. The number of nitrogens with one attached hydrogen (secondary N) is 1. The van der Waals surface area contributed by atoms with Gasteiger partial charge in [-0.1, -0.05) is 123 Å². The van der Waals surface area contributed by atoms with E-state index in [1.54, 1.807) is 0 Å². The van der Waals surface area contributed by atoms with Crippen molar-refractivity contribution >= 4 is 30.3 Å². The van der Waals surface area contributed by atoms with Crippen molar-refractivity contribution in [3.05, 3.63) is 137 Å². The molecule has 1 atom stereocenters. The number of aryl methyl sites for hydroxylation is 1. The minimum absolute atomic E-state index is 0.0739. The van der Waals surface area contributed by atoms with Crippen LogP contribution in [0.25, 0.3) is 0 Å². The van der Waals surface area contributed by atoms with E-state index in [9.17, 15) is 9.90 Å². The SMILES string of the molecule is CCCN(CCCCCCN(CCSC(c1ccccc1)(c1ccccc1)c1ccccc1)CC(=O)NCCS)C1CCc2cccc(O)c2C1. The maximum Gasteiger partial charge on any atom is 0.234 e. The predicted octanol–water partition coefficient (Wildman–Crippen LogP) is 8.60. The zero-order valence-corrected chi connectivity index (χ0v) is 32.1. The van der Waals surface area contributed by atoms with Gasteiger partial charge in [0, 0.05) is 30.6 Å². The average molecular weight is 724 g/mol. The zero-order chi connectivity index (χ0) is 35.7. The third kappa shape index (κ3) is 10.9. The lowest BCUT2D eigenvalue weighted by atomic mass is 9.84. The lowest BCUT2D eigenvalue weighted by Crippen LogP contribution is -2.40. The van der Waals surface area contributed by atoms with E-state index in [4.69, 9.17) is 0 Å². The Hall–Kier alpha value is -3.23.